The zero-order chi connectivity index (χ0) is 26.9. The summed E-state index contributed by atoms with van der Waals surface area (Å²) in [5.41, 5.74) is 4.89. The van der Waals surface area contributed by atoms with Crippen molar-refractivity contribution in [3.8, 4) is 0 Å². The maximum absolute atomic E-state index is 2.72. The fraction of sp³-hybridized carbons (Fsp3) is 0.590. The van der Waals surface area contributed by atoms with Crippen LogP contribution in [-0.2, 0) is 0 Å². The van der Waals surface area contributed by atoms with Crippen LogP contribution in [0.1, 0.15) is 127 Å². The number of allylic oxidation sites excluding steroid dienone is 4. The van der Waals surface area contributed by atoms with E-state index in [1.807, 2.05) is 0 Å². The topological polar surface area (TPSA) is 0 Å². The van der Waals surface area contributed by atoms with Crippen LogP contribution in [0.3, 0.4) is 0 Å². The van der Waals surface area contributed by atoms with Gasteiger partial charge in [-0.15, -0.1) is 0 Å². The zero-order valence-electron chi connectivity index (χ0n) is 24.9. The third-order valence-electron chi connectivity index (χ3n) is 10.6. The van der Waals surface area contributed by atoms with Crippen molar-refractivity contribution >= 4 is 0 Å². The Balaban J connectivity index is 1.29. The lowest BCUT2D eigenvalue weighted by molar-refractivity contribution is 0.314. The Hall–Kier alpha value is -2.08. The van der Waals surface area contributed by atoms with Crippen molar-refractivity contribution in [1.29, 1.82) is 0 Å². The van der Waals surface area contributed by atoms with E-state index >= 15 is 0 Å². The normalized spacial score (nSPS) is 28.4. The molecule has 210 valence electrons. The second-order valence-corrected chi connectivity index (χ2v) is 13.5. The number of hydrogen-bond donors (Lipinski definition) is 0. The fourth-order valence-electron chi connectivity index (χ4n) is 8.61. The summed E-state index contributed by atoms with van der Waals surface area (Å²) in [5, 5.41) is 0. The number of hydrogen-bond acceptors (Lipinski definition) is 0. The Bertz CT molecular complexity index is 1030. The van der Waals surface area contributed by atoms with Gasteiger partial charge in [-0.05, 0) is 117 Å². The molecule has 3 aliphatic carbocycles. The van der Waals surface area contributed by atoms with E-state index < -0.39 is 0 Å². The van der Waals surface area contributed by atoms with Gasteiger partial charge in [0.1, 0.15) is 0 Å². The second-order valence-electron chi connectivity index (χ2n) is 13.5. The van der Waals surface area contributed by atoms with Crippen molar-refractivity contribution < 1.29 is 0 Å². The highest BCUT2D eigenvalue weighted by atomic mass is 14.4. The highest BCUT2D eigenvalue weighted by molar-refractivity contribution is 5.31. The van der Waals surface area contributed by atoms with Crippen molar-refractivity contribution in [2.24, 2.45) is 29.6 Å². The van der Waals surface area contributed by atoms with Crippen molar-refractivity contribution in [3.05, 3.63) is 95.6 Å². The number of unbranched alkanes of at least 4 members (excludes halogenated alkanes) is 2. The first-order chi connectivity index (χ1) is 19.2. The molecular formula is C39H54. The van der Waals surface area contributed by atoms with Crippen molar-refractivity contribution in [2.45, 2.75) is 116 Å². The van der Waals surface area contributed by atoms with Crippen LogP contribution in [-0.4, -0.2) is 0 Å². The van der Waals surface area contributed by atoms with Gasteiger partial charge in [0.05, 0.1) is 0 Å². The van der Waals surface area contributed by atoms with E-state index in [9.17, 15) is 0 Å². The lowest BCUT2D eigenvalue weighted by Crippen LogP contribution is -2.22. The Morgan fingerprint density at radius 2 is 1.59 bits per heavy atom. The van der Waals surface area contributed by atoms with Crippen LogP contribution in [0.2, 0.25) is 0 Å². The van der Waals surface area contributed by atoms with Crippen LogP contribution in [0.4, 0.5) is 0 Å². The lowest BCUT2D eigenvalue weighted by atomic mass is 9.69. The minimum atomic E-state index is 0.559. The molecule has 2 aromatic carbocycles. The molecule has 7 atom stereocenters. The van der Waals surface area contributed by atoms with Gasteiger partial charge in [0.15, 0.2) is 0 Å². The van der Waals surface area contributed by atoms with Gasteiger partial charge in [0.2, 0.25) is 0 Å². The van der Waals surface area contributed by atoms with E-state index in [2.05, 4.69) is 92.7 Å². The molecule has 39 heavy (non-hydrogen) atoms. The Morgan fingerprint density at radius 3 is 2.36 bits per heavy atom. The number of benzene rings is 2. The van der Waals surface area contributed by atoms with E-state index in [4.69, 9.17) is 0 Å². The molecule has 0 amide bonds. The predicted molar refractivity (Wildman–Crippen MR) is 169 cm³/mol. The Kier molecular flexibility index (Phi) is 10.6. The van der Waals surface area contributed by atoms with Gasteiger partial charge < -0.3 is 0 Å². The summed E-state index contributed by atoms with van der Waals surface area (Å²) >= 11 is 0. The predicted octanol–water partition coefficient (Wildman–Crippen LogP) is 11.7. The molecule has 1 fully saturated rings. The first kappa shape index (κ1) is 28.4. The number of rotatable bonds is 12. The molecule has 3 aliphatic rings. The smallest absolute Gasteiger partial charge is 0.00301 e. The van der Waals surface area contributed by atoms with Gasteiger partial charge in [-0.2, -0.15) is 0 Å². The first-order valence-corrected chi connectivity index (χ1v) is 16.7. The minimum absolute atomic E-state index is 0.559. The molecule has 1 saturated carbocycles. The average molecular weight is 523 g/mol. The summed E-state index contributed by atoms with van der Waals surface area (Å²) < 4.78 is 0. The van der Waals surface area contributed by atoms with Gasteiger partial charge in [0, 0.05) is 0 Å². The molecule has 7 unspecified atom stereocenters. The van der Waals surface area contributed by atoms with Crippen LogP contribution in [0.5, 0.6) is 0 Å². The molecule has 5 rings (SSSR count). The Morgan fingerprint density at radius 1 is 0.821 bits per heavy atom. The quantitative estimate of drug-likeness (QED) is 0.192. The van der Waals surface area contributed by atoms with Crippen LogP contribution < -0.4 is 0 Å². The van der Waals surface area contributed by atoms with Gasteiger partial charge in [0.25, 0.3) is 0 Å². The highest BCUT2D eigenvalue weighted by Crippen LogP contribution is 2.47. The highest BCUT2D eigenvalue weighted by Gasteiger charge is 2.33. The molecule has 0 aliphatic heterocycles. The average Bonchev–Trinajstić information content (AvgIpc) is 3.23. The van der Waals surface area contributed by atoms with Crippen LogP contribution in [0.15, 0.2) is 84.5 Å². The standard InChI is InChI=1S/C39H54/c1-3-15-31-16-13-14-22-37(28-31)39(35-20-10-6-11-21-35)38(34-18-8-5-9-19-34)23-12-4-7-17-32-26-30(2)36-25-24-33(27-32)29-36/h5-6,8-11,14,18-22,27,30-31,33,36-39H,3-4,7,12-13,15-17,23-26,28-29H2,1-2H3. The minimum Gasteiger partial charge on any atom is -0.0882 e. The molecule has 0 spiro atoms. The van der Waals surface area contributed by atoms with Gasteiger partial charge in [-0.25, -0.2) is 0 Å². The van der Waals surface area contributed by atoms with Gasteiger partial charge in [-0.3, -0.25) is 0 Å². The fourth-order valence-corrected chi connectivity index (χ4v) is 8.61. The SMILES string of the molecule is CCCC1CCC=CC(C(c2ccccc2)C(CCCCCC2=CC3CCC(C3)C(C)C2)c2ccccc2)C1. The Labute approximate surface area is 240 Å². The van der Waals surface area contributed by atoms with Crippen LogP contribution >= 0.6 is 0 Å². The first-order valence-electron chi connectivity index (χ1n) is 16.7. The maximum Gasteiger partial charge on any atom is -0.00301 e. The molecule has 2 bridgehead atoms. The summed E-state index contributed by atoms with van der Waals surface area (Å²) in [7, 11) is 0. The summed E-state index contributed by atoms with van der Waals surface area (Å²) in [6, 6.07) is 23.1. The third kappa shape index (κ3) is 7.77. The zero-order valence-corrected chi connectivity index (χ0v) is 24.9. The molecule has 0 nitrogen and oxygen atoms in total. The summed E-state index contributed by atoms with van der Waals surface area (Å²) in [6.07, 6.45) is 27.0. The molecule has 0 N–H and O–H groups in total. The summed E-state index contributed by atoms with van der Waals surface area (Å²) in [6.45, 7) is 4.89. The summed E-state index contributed by atoms with van der Waals surface area (Å²) in [5.74, 6) is 5.43. The van der Waals surface area contributed by atoms with E-state index in [0.717, 1.165) is 23.7 Å². The molecule has 0 heterocycles. The molecular weight excluding hydrogens is 468 g/mol. The third-order valence-corrected chi connectivity index (χ3v) is 10.6. The van der Waals surface area contributed by atoms with Gasteiger partial charge in [-0.1, -0.05) is 124 Å². The molecule has 0 saturated heterocycles. The van der Waals surface area contributed by atoms with Crippen LogP contribution in [0.25, 0.3) is 0 Å². The molecule has 0 heteroatoms. The van der Waals surface area contributed by atoms with E-state index in [1.54, 1.807) is 16.7 Å². The van der Waals surface area contributed by atoms with Crippen LogP contribution in [0, 0.1) is 29.6 Å². The van der Waals surface area contributed by atoms with E-state index in [-0.39, 0.29) is 0 Å². The van der Waals surface area contributed by atoms with Crippen molar-refractivity contribution in [2.75, 3.05) is 0 Å². The molecule has 0 radical (unpaired) electrons. The molecule has 2 aromatic rings. The monoisotopic (exact) mass is 522 g/mol. The number of fused-ring (bicyclic) bond motifs is 2. The van der Waals surface area contributed by atoms with Gasteiger partial charge >= 0.3 is 0 Å². The van der Waals surface area contributed by atoms with Crippen molar-refractivity contribution in [3.63, 3.8) is 0 Å². The lowest BCUT2D eigenvalue weighted by Gasteiger charge is -2.35. The largest absolute Gasteiger partial charge is 0.0882 e. The molecule has 0 aromatic heterocycles. The van der Waals surface area contributed by atoms with E-state index in [1.165, 1.54) is 89.9 Å². The maximum atomic E-state index is 2.72. The van der Waals surface area contributed by atoms with Crippen molar-refractivity contribution in [1.82, 2.24) is 0 Å². The summed E-state index contributed by atoms with van der Waals surface area (Å²) in [4.78, 5) is 0. The van der Waals surface area contributed by atoms with E-state index in [0.29, 0.717) is 17.8 Å². The second kappa shape index (κ2) is 14.5.